The number of fused-ring (bicyclic) bond motifs is 1. The van der Waals surface area contributed by atoms with Crippen molar-refractivity contribution in [2.75, 3.05) is 12.1 Å². The number of halogens is 1. The molecule has 0 fully saturated rings. The minimum absolute atomic E-state index is 0.561. The number of hydrazine groups is 1. The van der Waals surface area contributed by atoms with Crippen LogP contribution >= 0.6 is 15.9 Å². The zero-order valence-corrected chi connectivity index (χ0v) is 14.0. The zero-order chi connectivity index (χ0) is 15.8. The lowest BCUT2D eigenvalue weighted by atomic mass is 10.1. The van der Waals surface area contributed by atoms with Gasteiger partial charge in [0.05, 0.1) is 11.1 Å². The molecule has 0 unspecified atom stereocenters. The van der Waals surface area contributed by atoms with E-state index in [9.17, 15) is 9.90 Å². The molecule has 2 rings (SSSR count). The molecule has 6 heteroatoms. The molecular weight excluding hydrogens is 334 g/mol. The number of hydrogen-bond donors (Lipinski definition) is 1. The maximum atomic E-state index is 11.5. The molecule has 0 saturated carbocycles. The zero-order valence-electron chi connectivity index (χ0n) is 12.5. The number of rotatable bonds is 2. The van der Waals surface area contributed by atoms with E-state index in [0.29, 0.717) is 5.82 Å². The van der Waals surface area contributed by atoms with E-state index in [0.717, 1.165) is 15.4 Å². The van der Waals surface area contributed by atoms with Crippen molar-refractivity contribution in [3.05, 3.63) is 34.8 Å². The summed E-state index contributed by atoms with van der Waals surface area (Å²) in [6.45, 7) is 5.53. The van der Waals surface area contributed by atoms with Crippen LogP contribution in [0.3, 0.4) is 0 Å². The van der Waals surface area contributed by atoms with Crippen LogP contribution < -0.4 is 5.01 Å². The summed E-state index contributed by atoms with van der Waals surface area (Å²) in [5.74, 6) is 0.581. The van der Waals surface area contributed by atoms with Crippen LogP contribution in [0.1, 0.15) is 20.8 Å². The molecule has 0 bridgehead atoms. The maximum absolute atomic E-state index is 11.5. The smallest absolute Gasteiger partial charge is 0.426 e. The standard InChI is InChI=1S/C15H18BrN3O2/c1-15(2,3)19(14(20)21)18(4)13-8-6-10-5-7-11(16)9-12(10)17-13/h5-9H,1-4H3,(H,20,21). The summed E-state index contributed by atoms with van der Waals surface area (Å²) in [4.78, 5) is 16.1. The van der Waals surface area contributed by atoms with Crippen LogP contribution in [-0.2, 0) is 0 Å². The number of carbonyl (C=O) groups is 1. The summed E-state index contributed by atoms with van der Waals surface area (Å²) in [6, 6.07) is 9.58. The van der Waals surface area contributed by atoms with E-state index in [1.165, 1.54) is 5.01 Å². The van der Waals surface area contributed by atoms with Crippen molar-refractivity contribution < 1.29 is 9.90 Å². The van der Waals surface area contributed by atoms with Crippen LogP contribution in [-0.4, -0.2) is 33.8 Å². The van der Waals surface area contributed by atoms with Crippen molar-refractivity contribution in [2.45, 2.75) is 26.3 Å². The Kier molecular flexibility index (Phi) is 4.09. The predicted octanol–water partition coefficient (Wildman–Crippen LogP) is 4.13. The van der Waals surface area contributed by atoms with Crippen molar-refractivity contribution in [1.29, 1.82) is 0 Å². The molecule has 5 nitrogen and oxygen atoms in total. The van der Waals surface area contributed by atoms with Gasteiger partial charge in [0, 0.05) is 16.9 Å². The highest BCUT2D eigenvalue weighted by molar-refractivity contribution is 9.10. The lowest BCUT2D eigenvalue weighted by molar-refractivity contribution is 0.0956. The first kappa shape index (κ1) is 15.6. The average molecular weight is 352 g/mol. The molecule has 0 aliphatic carbocycles. The summed E-state index contributed by atoms with van der Waals surface area (Å²) < 4.78 is 0.938. The molecule has 2 aromatic rings. The number of pyridine rings is 1. The Morgan fingerprint density at radius 1 is 1.24 bits per heavy atom. The molecule has 1 amide bonds. The SMILES string of the molecule is CN(c1ccc2ccc(Br)cc2n1)N(C(=O)O)C(C)(C)C. The van der Waals surface area contributed by atoms with Crippen LogP contribution in [0.4, 0.5) is 10.6 Å². The highest BCUT2D eigenvalue weighted by Crippen LogP contribution is 2.24. The number of anilines is 1. The van der Waals surface area contributed by atoms with E-state index in [-0.39, 0.29) is 0 Å². The number of carboxylic acid groups (broad SMARTS) is 1. The van der Waals surface area contributed by atoms with Gasteiger partial charge in [0.2, 0.25) is 0 Å². The number of amides is 1. The largest absolute Gasteiger partial charge is 0.464 e. The highest BCUT2D eigenvalue weighted by atomic mass is 79.9. The number of benzene rings is 1. The number of nitrogens with zero attached hydrogens (tertiary/aromatic N) is 3. The van der Waals surface area contributed by atoms with Gasteiger partial charge in [0.1, 0.15) is 5.82 Å². The van der Waals surface area contributed by atoms with Crippen molar-refractivity contribution in [3.8, 4) is 0 Å². The molecule has 1 aromatic carbocycles. The second kappa shape index (κ2) is 5.52. The molecule has 21 heavy (non-hydrogen) atoms. The van der Waals surface area contributed by atoms with Gasteiger partial charge in [-0.25, -0.2) is 14.8 Å². The van der Waals surface area contributed by atoms with Crippen molar-refractivity contribution in [3.63, 3.8) is 0 Å². The molecule has 0 radical (unpaired) electrons. The summed E-state index contributed by atoms with van der Waals surface area (Å²) in [5.41, 5.74) is 0.252. The Morgan fingerprint density at radius 2 is 1.86 bits per heavy atom. The van der Waals surface area contributed by atoms with Gasteiger partial charge in [-0.3, -0.25) is 5.01 Å². The quantitative estimate of drug-likeness (QED) is 0.826. The first-order valence-corrected chi connectivity index (χ1v) is 7.32. The van der Waals surface area contributed by atoms with Gasteiger partial charge < -0.3 is 5.11 Å². The van der Waals surface area contributed by atoms with Gasteiger partial charge in [0.15, 0.2) is 0 Å². The second-order valence-corrected chi connectivity index (χ2v) is 6.71. The molecule has 1 heterocycles. The summed E-state index contributed by atoms with van der Waals surface area (Å²) in [5, 5.41) is 13.3. The molecule has 112 valence electrons. The normalized spacial score (nSPS) is 11.5. The molecule has 1 N–H and O–H groups in total. The first-order valence-electron chi connectivity index (χ1n) is 6.53. The van der Waals surface area contributed by atoms with Crippen LogP contribution in [0.15, 0.2) is 34.8 Å². The lowest BCUT2D eigenvalue weighted by Gasteiger charge is -2.39. The first-order chi connectivity index (χ1) is 9.70. The fraction of sp³-hybridized carbons (Fsp3) is 0.333. The summed E-state index contributed by atoms with van der Waals surface area (Å²) in [6.07, 6.45) is -1.01. The van der Waals surface area contributed by atoms with Crippen LogP contribution in [0.25, 0.3) is 10.9 Å². The van der Waals surface area contributed by atoms with Gasteiger partial charge in [-0.1, -0.05) is 22.0 Å². The summed E-state index contributed by atoms with van der Waals surface area (Å²) >= 11 is 3.42. The Balaban J connectivity index is 2.47. The van der Waals surface area contributed by atoms with E-state index in [1.54, 1.807) is 12.1 Å². The van der Waals surface area contributed by atoms with Gasteiger partial charge in [-0.05, 0) is 45.0 Å². The minimum Gasteiger partial charge on any atom is -0.464 e. The van der Waals surface area contributed by atoms with E-state index in [2.05, 4.69) is 20.9 Å². The number of hydrogen-bond acceptors (Lipinski definition) is 3. The third-order valence-corrected chi connectivity index (χ3v) is 3.58. The Hall–Kier alpha value is -1.82. The molecule has 0 spiro atoms. The topological polar surface area (TPSA) is 56.7 Å². The molecular formula is C15H18BrN3O2. The molecule has 0 saturated heterocycles. The van der Waals surface area contributed by atoms with Crippen molar-refractivity contribution >= 4 is 38.7 Å². The second-order valence-electron chi connectivity index (χ2n) is 5.80. The maximum Gasteiger partial charge on any atom is 0.426 e. The van der Waals surface area contributed by atoms with Gasteiger partial charge in [0.25, 0.3) is 0 Å². The van der Waals surface area contributed by atoms with Crippen molar-refractivity contribution in [1.82, 2.24) is 9.99 Å². The Morgan fingerprint density at radius 3 is 2.43 bits per heavy atom. The highest BCUT2D eigenvalue weighted by Gasteiger charge is 2.30. The van der Waals surface area contributed by atoms with E-state index in [4.69, 9.17) is 0 Å². The lowest BCUT2D eigenvalue weighted by Crippen LogP contribution is -2.54. The van der Waals surface area contributed by atoms with E-state index in [1.807, 2.05) is 51.1 Å². The molecule has 1 aromatic heterocycles. The Labute approximate surface area is 132 Å². The summed E-state index contributed by atoms with van der Waals surface area (Å²) in [7, 11) is 1.70. The molecule has 0 atom stereocenters. The van der Waals surface area contributed by atoms with Crippen LogP contribution in [0.2, 0.25) is 0 Å². The fourth-order valence-corrected chi connectivity index (χ4v) is 2.58. The minimum atomic E-state index is -1.01. The van der Waals surface area contributed by atoms with Gasteiger partial charge in [-0.15, -0.1) is 0 Å². The van der Waals surface area contributed by atoms with Crippen LogP contribution in [0.5, 0.6) is 0 Å². The van der Waals surface area contributed by atoms with Gasteiger partial charge in [-0.2, -0.15) is 0 Å². The van der Waals surface area contributed by atoms with E-state index >= 15 is 0 Å². The third-order valence-electron chi connectivity index (χ3n) is 3.09. The Bertz CT molecular complexity index is 682. The van der Waals surface area contributed by atoms with Gasteiger partial charge >= 0.3 is 6.09 Å². The third kappa shape index (κ3) is 3.26. The van der Waals surface area contributed by atoms with Crippen molar-refractivity contribution in [2.24, 2.45) is 0 Å². The van der Waals surface area contributed by atoms with E-state index < -0.39 is 11.6 Å². The monoisotopic (exact) mass is 351 g/mol. The van der Waals surface area contributed by atoms with Crippen LogP contribution in [0, 0.1) is 0 Å². The molecule has 0 aliphatic heterocycles. The fourth-order valence-electron chi connectivity index (χ4n) is 2.23. The number of aromatic nitrogens is 1. The average Bonchev–Trinajstić information content (AvgIpc) is 2.35. The predicted molar refractivity (Wildman–Crippen MR) is 87.5 cm³/mol. The molecule has 0 aliphatic rings.